The highest BCUT2D eigenvalue weighted by atomic mass is 32.2. The fourth-order valence-electron chi connectivity index (χ4n) is 4.06. The predicted octanol–water partition coefficient (Wildman–Crippen LogP) is 0.878. The van der Waals surface area contributed by atoms with Crippen molar-refractivity contribution in [3.8, 4) is 5.75 Å². The van der Waals surface area contributed by atoms with Crippen LogP contribution in [0.3, 0.4) is 0 Å². The Morgan fingerprint density at radius 3 is 2.59 bits per heavy atom. The molecular formula is C25H35N3O8S. The summed E-state index contributed by atoms with van der Waals surface area (Å²) in [5, 5.41) is 14.5. The second kappa shape index (κ2) is 13.3. The number of hydrazine groups is 1. The van der Waals surface area contributed by atoms with E-state index in [9.17, 15) is 32.7 Å². The van der Waals surface area contributed by atoms with E-state index in [-0.39, 0.29) is 24.5 Å². The van der Waals surface area contributed by atoms with Crippen LogP contribution in [0, 0.1) is 11.8 Å². The number of benzene rings is 1. The van der Waals surface area contributed by atoms with Crippen molar-refractivity contribution in [1.29, 1.82) is 0 Å². The van der Waals surface area contributed by atoms with Gasteiger partial charge in [-0.15, -0.1) is 0 Å². The second-order valence-corrected chi connectivity index (χ2v) is 11.3. The number of hydrogen-bond acceptors (Lipinski definition) is 9. The lowest BCUT2D eigenvalue weighted by molar-refractivity contribution is -0.151. The van der Waals surface area contributed by atoms with Crippen LogP contribution in [0.5, 0.6) is 5.75 Å². The molecule has 12 heteroatoms. The van der Waals surface area contributed by atoms with Crippen LogP contribution >= 0.6 is 0 Å². The Labute approximate surface area is 217 Å². The van der Waals surface area contributed by atoms with E-state index in [0.29, 0.717) is 30.4 Å². The molecule has 1 saturated heterocycles. The third kappa shape index (κ3) is 8.97. The van der Waals surface area contributed by atoms with Gasteiger partial charge in [0.05, 0.1) is 7.11 Å². The molecule has 0 saturated carbocycles. The Hall–Kier alpha value is -3.25. The molecular weight excluding hydrogens is 502 g/mol. The van der Waals surface area contributed by atoms with E-state index in [1.807, 2.05) is 0 Å². The number of carbonyl (C=O) groups excluding carboxylic acids is 4. The van der Waals surface area contributed by atoms with Gasteiger partial charge < -0.3 is 15.2 Å². The number of aromatic hydroxyl groups is 1. The van der Waals surface area contributed by atoms with Crippen LogP contribution in [0.25, 0.3) is 0 Å². The van der Waals surface area contributed by atoms with Gasteiger partial charge in [-0.25, -0.2) is 13.8 Å². The van der Waals surface area contributed by atoms with Gasteiger partial charge in [0.2, 0.25) is 5.91 Å². The summed E-state index contributed by atoms with van der Waals surface area (Å²) in [6.45, 7) is 6.93. The molecule has 1 fully saturated rings. The van der Waals surface area contributed by atoms with Crippen LogP contribution in [0.2, 0.25) is 0 Å². The molecule has 3 atom stereocenters. The van der Waals surface area contributed by atoms with Crippen molar-refractivity contribution < 1.29 is 37.4 Å². The van der Waals surface area contributed by atoms with E-state index in [1.165, 1.54) is 24.3 Å². The Bertz CT molecular complexity index is 1120. The zero-order chi connectivity index (χ0) is 27.8. The van der Waals surface area contributed by atoms with Crippen LogP contribution < -0.4 is 10.7 Å². The van der Waals surface area contributed by atoms with E-state index >= 15 is 0 Å². The van der Waals surface area contributed by atoms with Gasteiger partial charge in [0.25, 0.3) is 5.91 Å². The van der Waals surface area contributed by atoms with Crippen molar-refractivity contribution >= 4 is 33.4 Å². The van der Waals surface area contributed by atoms with Crippen molar-refractivity contribution in [1.82, 2.24) is 15.8 Å². The van der Waals surface area contributed by atoms with Gasteiger partial charge in [0.15, 0.2) is 9.84 Å². The number of phenols is 1. The van der Waals surface area contributed by atoms with Crippen molar-refractivity contribution in [3.63, 3.8) is 0 Å². The average molecular weight is 538 g/mol. The van der Waals surface area contributed by atoms with Crippen LogP contribution in [-0.4, -0.2) is 73.6 Å². The monoisotopic (exact) mass is 537 g/mol. The van der Waals surface area contributed by atoms with Crippen LogP contribution in [0.15, 0.2) is 36.3 Å². The fraction of sp³-hybridized carbons (Fsp3) is 0.520. The minimum absolute atomic E-state index is 0.00837. The standard InChI is InChI=1S/C25H35N3O8S/c1-5-37(34,35)15-19(30)14-20(16(2)3)23(31)26-22(13-17-8-6-9-18(29)12-17)24(32)28-11-7-10-21(27-28)25(33)36-4/h5-6,8-9,12,16,20-22,27,29H,1,7,10-11,13-15H2,2-4H3,(H,26,31)/t20-,21?,22-/m0/s1. The van der Waals surface area contributed by atoms with Crippen LogP contribution in [-0.2, 0) is 40.2 Å². The van der Waals surface area contributed by atoms with E-state index in [2.05, 4.69) is 17.3 Å². The lowest BCUT2D eigenvalue weighted by Crippen LogP contribution is -2.60. The maximum Gasteiger partial charge on any atom is 0.324 e. The molecule has 1 aromatic rings. The number of carbonyl (C=O) groups is 4. The highest BCUT2D eigenvalue weighted by Crippen LogP contribution is 2.19. The Kier molecular flexibility index (Phi) is 10.8. The smallest absolute Gasteiger partial charge is 0.324 e. The second-order valence-electron chi connectivity index (χ2n) is 9.34. The highest BCUT2D eigenvalue weighted by Gasteiger charge is 2.35. The molecule has 0 aromatic heterocycles. The molecule has 0 bridgehead atoms. The molecule has 11 nitrogen and oxygen atoms in total. The number of sulfone groups is 1. The summed E-state index contributed by atoms with van der Waals surface area (Å²) >= 11 is 0. The first-order valence-electron chi connectivity index (χ1n) is 12.0. The third-order valence-corrected chi connectivity index (χ3v) is 7.34. The number of amides is 2. The number of Topliss-reactive ketones (excluding diaryl/α,β-unsaturated/α-hetero) is 1. The lowest BCUT2D eigenvalue weighted by Gasteiger charge is -2.35. The maximum absolute atomic E-state index is 13.5. The Morgan fingerprint density at radius 1 is 1.30 bits per heavy atom. The zero-order valence-corrected chi connectivity index (χ0v) is 22.1. The average Bonchev–Trinajstić information content (AvgIpc) is 2.85. The number of phenolic OH excluding ortho intramolecular Hbond substituents is 1. The number of esters is 1. The highest BCUT2D eigenvalue weighted by molar-refractivity contribution is 7.94. The topological polar surface area (TPSA) is 159 Å². The van der Waals surface area contributed by atoms with E-state index in [4.69, 9.17) is 4.74 Å². The minimum Gasteiger partial charge on any atom is -0.508 e. The normalized spacial score (nSPS) is 17.5. The molecule has 1 aromatic carbocycles. The van der Waals surface area contributed by atoms with Crippen molar-refractivity contribution in [2.24, 2.45) is 11.8 Å². The molecule has 3 N–H and O–H groups in total. The summed E-state index contributed by atoms with van der Waals surface area (Å²) in [5.41, 5.74) is 3.43. The fourth-order valence-corrected chi connectivity index (χ4v) is 4.75. The van der Waals surface area contributed by atoms with Gasteiger partial charge >= 0.3 is 5.97 Å². The molecule has 0 aliphatic carbocycles. The van der Waals surface area contributed by atoms with Gasteiger partial charge in [-0.3, -0.25) is 24.2 Å². The summed E-state index contributed by atoms with van der Waals surface area (Å²) in [4.78, 5) is 51.2. The molecule has 37 heavy (non-hydrogen) atoms. The molecule has 2 amide bonds. The molecule has 0 spiro atoms. The SMILES string of the molecule is C=CS(=O)(=O)CC(=O)C[C@H](C(=O)N[C@@H](Cc1cccc(O)c1)C(=O)N1CCCC(C(=O)OC)N1)C(C)C. The zero-order valence-electron chi connectivity index (χ0n) is 21.3. The molecule has 204 valence electrons. The van der Waals surface area contributed by atoms with Crippen molar-refractivity contribution in [2.75, 3.05) is 19.4 Å². The summed E-state index contributed by atoms with van der Waals surface area (Å²) in [6.07, 6.45) is 0.719. The van der Waals surface area contributed by atoms with E-state index in [0.717, 1.165) is 0 Å². The first kappa shape index (κ1) is 30.0. The molecule has 1 aliphatic heterocycles. The van der Waals surface area contributed by atoms with Gasteiger partial charge in [-0.05, 0) is 36.5 Å². The van der Waals surface area contributed by atoms with Crippen molar-refractivity contribution in [2.45, 2.75) is 51.6 Å². The van der Waals surface area contributed by atoms with Gasteiger partial charge in [-0.2, -0.15) is 0 Å². The summed E-state index contributed by atoms with van der Waals surface area (Å²) in [5.74, 6) is -4.22. The molecule has 2 rings (SSSR count). The minimum atomic E-state index is -3.77. The summed E-state index contributed by atoms with van der Waals surface area (Å²) in [6, 6.07) is 4.44. The quantitative estimate of drug-likeness (QED) is 0.329. The number of methoxy groups -OCH3 is 1. The van der Waals surface area contributed by atoms with Gasteiger partial charge in [0.1, 0.15) is 29.4 Å². The van der Waals surface area contributed by atoms with E-state index in [1.54, 1.807) is 26.0 Å². The van der Waals surface area contributed by atoms with Gasteiger partial charge in [-0.1, -0.05) is 32.6 Å². The summed E-state index contributed by atoms with van der Waals surface area (Å²) < 4.78 is 28.3. The molecule has 1 unspecified atom stereocenters. The number of ether oxygens (including phenoxy) is 1. The van der Waals surface area contributed by atoms with Crippen molar-refractivity contribution in [3.05, 3.63) is 41.8 Å². The molecule has 1 aliphatic rings. The third-order valence-electron chi connectivity index (χ3n) is 6.11. The number of nitrogens with zero attached hydrogens (tertiary/aromatic N) is 1. The molecule has 1 heterocycles. The molecule has 0 radical (unpaired) electrons. The first-order chi connectivity index (χ1) is 17.4. The first-order valence-corrected chi connectivity index (χ1v) is 13.7. The lowest BCUT2D eigenvalue weighted by atomic mass is 9.89. The number of nitrogens with one attached hydrogen (secondary N) is 2. The summed E-state index contributed by atoms with van der Waals surface area (Å²) in [7, 11) is -2.52. The number of hydrogen-bond donors (Lipinski definition) is 3. The number of rotatable bonds is 12. The Morgan fingerprint density at radius 2 is 2.00 bits per heavy atom. The largest absolute Gasteiger partial charge is 0.508 e. The van der Waals surface area contributed by atoms with E-state index < -0.39 is 57.2 Å². The maximum atomic E-state index is 13.5. The predicted molar refractivity (Wildman–Crippen MR) is 136 cm³/mol. The number of ketones is 1. The van der Waals surface area contributed by atoms with Gasteiger partial charge in [0, 0.05) is 30.7 Å². The van der Waals surface area contributed by atoms with Crippen LogP contribution in [0.4, 0.5) is 0 Å². The van der Waals surface area contributed by atoms with Crippen LogP contribution in [0.1, 0.15) is 38.7 Å². The Balaban J connectivity index is 2.26.